The van der Waals surface area contributed by atoms with Crippen LogP contribution in [0.3, 0.4) is 0 Å². The van der Waals surface area contributed by atoms with Crippen LogP contribution in [0.25, 0.3) is 0 Å². The summed E-state index contributed by atoms with van der Waals surface area (Å²) >= 11 is 0. The van der Waals surface area contributed by atoms with Crippen molar-refractivity contribution in [3.63, 3.8) is 0 Å². The van der Waals surface area contributed by atoms with Crippen LogP contribution in [0.5, 0.6) is 0 Å². The predicted molar refractivity (Wildman–Crippen MR) is 83.8 cm³/mol. The Morgan fingerprint density at radius 3 is 2.59 bits per heavy atom. The molecule has 0 unspecified atom stereocenters. The molecule has 5 heteroatoms. The van der Waals surface area contributed by atoms with Gasteiger partial charge in [-0.2, -0.15) is 5.10 Å². The smallest absolute Gasteiger partial charge is 0.140 e. The summed E-state index contributed by atoms with van der Waals surface area (Å²) in [5.74, 6) is 1.60. The minimum Gasteiger partial charge on any atom is -0.296 e. The van der Waals surface area contributed by atoms with Crippen LogP contribution >= 0.6 is 0 Å². The Labute approximate surface area is 131 Å². The van der Waals surface area contributed by atoms with Crippen molar-refractivity contribution < 1.29 is 4.39 Å². The highest BCUT2D eigenvalue weighted by Gasteiger charge is 2.20. The molecule has 22 heavy (non-hydrogen) atoms. The third kappa shape index (κ3) is 3.71. The van der Waals surface area contributed by atoms with Crippen molar-refractivity contribution in [1.29, 1.82) is 0 Å². The maximum absolute atomic E-state index is 12.9. The second kappa shape index (κ2) is 7.01. The molecule has 118 valence electrons. The Bertz CT molecular complexity index is 585. The lowest BCUT2D eigenvalue weighted by Crippen LogP contribution is -2.34. The molecule has 1 aromatic carbocycles. The lowest BCUT2D eigenvalue weighted by molar-refractivity contribution is 0.171. The monoisotopic (exact) mass is 302 g/mol. The van der Waals surface area contributed by atoms with E-state index in [4.69, 9.17) is 0 Å². The zero-order valence-electron chi connectivity index (χ0n) is 13.1. The Hall–Kier alpha value is -1.75. The molecule has 2 aromatic rings. The highest BCUT2D eigenvalue weighted by molar-refractivity contribution is 5.16. The number of rotatable bonds is 5. The van der Waals surface area contributed by atoms with Gasteiger partial charge in [-0.1, -0.05) is 12.1 Å². The minimum absolute atomic E-state index is 0.154. The number of benzene rings is 1. The van der Waals surface area contributed by atoms with Gasteiger partial charge in [0.1, 0.15) is 18.0 Å². The van der Waals surface area contributed by atoms with Crippen LogP contribution in [-0.2, 0) is 19.5 Å². The molecule has 1 aliphatic rings. The molecule has 0 bridgehead atoms. The zero-order valence-corrected chi connectivity index (χ0v) is 13.1. The van der Waals surface area contributed by atoms with Crippen molar-refractivity contribution in [3.05, 3.63) is 47.8 Å². The summed E-state index contributed by atoms with van der Waals surface area (Å²) in [5, 5.41) is 4.23. The summed E-state index contributed by atoms with van der Waals surface area (Å²) in [6.07, 6.45) is 5.08. The van der Waals surface area contributed by atoms with Gasteiger partial charge in [0.05, 0.1) is 6.54 Å². The van der Waals surface area contributed by atoms with E-state index in [-0.39, 0.29) is 5.82 Å². The minimum atomic E-state index is -0.154. The zero-order chi connectivity index (χ0) is 15.4. The first-order valence-electron chi connectivity index (χ1n) is 8.08. The second-order valence-electron chi connectivity index (χ2n) is 6.04. The number of nitrogens with zero attached hydrogens (tertiary/aromatic N) is 4. The molecule has 3 rings (SSSR count). The average Bonchev–Trinajstić information content (AvgIpc) is 2.99. The van der Waals surface area contributed by atoms with Crippen LogP contribution in [0.1, 0.15) is 31.2 Å². The standard InChI is InChI=1S/C17H23FN4/c1-2-22-17(19-13-20-22)12-21-9-7-15(8-10-21)11-14-3-5-16(18)6-4-14/h3-6,13,15H,2,7-12H2,1H3. The van der Waals surface area contributed by atoms with E-state index in [1.54, 1.807) is 18.5 Å². The molecule has 0 spiro atoms. The van der Waals surface area contributed by atoms with E-state index >= 15 is 0 Å². The number of hydrogen-bond acceptors (Lipinski definition) is 3. The molecular weight excluding hydrogens is 279 g/mol. The van der Waals surface area contributed by atoms with Crippen LogP contribution in [-0.4, -0.2) is 32.8 Å². The maximum atomic E-state index is 12.9. The Morgan fingerprint density at radius 1 is 1.18 bits per heavy atom. The Morgan fingerprint density at radius 2 is 1.91 bits per heavy atom. The Balaban J connectivity index is 1.49. The molecular formula is C17H23FN4. The fourth-order valence-corrected chi connectivity index (χ4v) is 3.18. The van der Waals surface area contributed by atoms with Gasteiger partial charge in [-0.05, 0) is 62.9 Å². The molecule has 1 saturated heterocycles. The van der Waals surface area contributed by atoms with E-state index in [2.05, 4.69) is 21.9 Å². The summed E-state index contributed by atoms with van der Waals surface area (Å²) in [6.45, 7) is 6.05. The van der Waals surface area contributed by atoms with Gasteiger partial charge in [0, 0.05) is 6.54 Å². The van der Waals surface area contributed by atoms with E-state index < -0.39 is 0 Å². The SMILES string of the molecule is CCn1ncnc1CN1CCC(Cc2ccc(F)cc2)CC1. The van der Waals surface area contributed by atoms with Gasteiger partial charge in [-0.25, -0.2) is 14.1 Å². The number of aryl methyl sites for hydroxylation is 1. The normalized spacial score (nSPS) is 17.0. The van der Waals surface area contributed by atoms with Crippen LogP contribution < -0.4 is 0 Å². The fraction of sp³-hybridized carbons (Fsp3) is 0.529. The number of halogens is 1. The average molecular weight is 302 g/mol. The molecule has 0 N–H and O–H groups in total. The summed E-state index contributed by atoms with van der Waals surface area (Å²) in [4.78, 5) is 6.81. The quantitative estimate of drug-likeness (QED) is 0.851. The van der Waals surface area contributed by atoms with E-state index in [0.29, 0.717) is 5.92 Å². The molecule has 2 heterocycles. The van der Waals surface area contributed by atoms with E-state index in [1.165, 1.54) is 18.4 Å². The summed E-state index contributed by atoms with van der Waals surface area (Å²) in [7, 11) is 0. The van der Waals surface area contributed by atoms with Crippen molar-refractivity contribution in [2.24, 2.45) is 5.92 Å². The molecule has 0 aliphatic carbocycles. The van der Waals surface area contributed by atoms with E-state index in [9.17, 15) is 4.39 Å². The van der Waals surface area contributed by atoms with Gasteiger partial charge in [0.15, 0.2) is 0 Å². The lowest BCUT2D eigenvalue weighted by atomic mass is 9.90. The summed E-state index contributed by atoms with van der Waals surface area (Å²) < 4.78 is 14.9. The van der Waals surface area contributed by atoms with Gasteiger partial charge < -0.3 is 0 Å². The first-order valence-corrected chi connectivity index (χ1v) is 8.08. The van der Waals surface area contributed by atoms with Crippen LogP contribution in [0.15, 0.2) is 30.6 Å². The van der Waals surface area contributed by atoms with Crippen molar-refractivity contribution in [3.8, 4) is 0 Å². The molecule has 0 amide bonds. The van der Waals surface area contributed by atoms with Gasteiger partial charge >= 0.3 is 0 Å². The van der Waals surface area contributed by atoms with Gasteiger partial charge in [0.25, 0.3) is 0 Å². The summed E-state index contributed by atoms with van der Waals surface area (Å²) in [6, 6.07) is 6.93. The van der Waals surface area contributed by atoms with Crippen LogP contribution in [0.4, 0.5) is 4.39 Å². The van der Waals surface area contributed by atoms with Gasteiger partial charge in [-0.15, -0.1) is 0 Å². The number of aromatic nitrogens is 3. The van der Waals surface area contributed by atoms with Crippen molar-refractivity contribution in [2.45, 2.75) is 39.3 Å². The van der Waals surface area contributed by atoms with Crippen molar-refractivity contribution >= 4 is 0 Å². The number of piperidine rings is 1. The molecule has 0 saturated carbocycles. The van der Waals surface area contributed by atoms with Crippen molar-refractivity contribution in [1.82, 2.24) is 19.7 Å². The Kier molecular flexibility index (Phi) is 4.83. The molecule has 4 nitrogen and oxygen atoms in total. The van der Waals surface area contributed by atoms with Gasteiger partial charge in [-0.3, -0.25) is 4.90 Å². The first-order chi connectivity index (χ1) is 10.7. The van der Waals surface area contributed by atoms with Crippen LogP contribution in [0.2, 0.25) is 0 Å². The van der Waals surface area contributed by atoms with Crippen LogP contribution in [0, 0.1) is 11.7 Å². The molecule has 1 aliphatic heterocycles. The van der Waals surface area contributed by atoms with Gasteiger partial charge in [0.2, 0.25) is 0 Å². The largest absolute Gasteiger partial charge is 0.296 e. The molecule has 0 radical (unpaired) electrons. The lowest BCUT2D eigenvalue weighted by Gasteiger charge is -2.31. The second-order valence-corrected chi connectivity index (χ2v) is 6.04. The molecule has 1 fully saturated rings. The molecule has 1 aromatic heterocycles. The fourth-order valence-electron chi connectivity index (χ4n) is 3.18. The maximum Gasteiger partial charge on any atom is 0.140 e. The van der Waals surface area contributed by atoms with Crippen molar-refractivity contribution in [2.75, 3.05) is 13.1 Å². The third-order valence-corrected chi connectivity index (χ3v) is 4.51. The highest BCUT2D eigenvalue weighted by atomic mass is 19.1. The number of likely N-dealkylation sites (tertiary alicyclic amines) is 1. The predicted octanol–water partition coefficient (Wildman–Crippen LogP) is 2.89. The number of hydrogen-bond donors (Lipinski definition) is 0. The summed E-state index contributed by atoms with van der Waals surface area (Å²) in [5.41, 5.74) is 1.24. The van der Waals surface area contributed by atoms with E-state index in [0.717, 1.165) is 38.4 Å². The molecule has 0 atom stereocenters. The third-order valence-electron chi connectivity index (χ3n) is 4.51. The highest BCUT2D eigenvalue weighted by Crippen LogP contribution is 2.22. The topological polar surface area (TPSA) is 34.0 Å². The first kappa shape index (κ1) is 15.2. The van der Waals surface area contributed by atoms with E-state index in [1.807, 2.05) is 16.8 Å².